The van der Waals surface area contributed by atoms with Crippen molar-refractivity contribution in [3.63, 3.8) is 0 Å². The van der Waals surface area contributed by atoms with Crippen molar-refractivity contribution in [1.29, 1.82) is 0 Å². The average Bonchev–Trinajstić information content (AvgIpc) is 3.52. The molecule has 4 aromatic rings. The molecule has 0 fully saturated rings. The van der Waals surface area contributed by atoms with Gasteiger partial charge >= 0.3 is 5.69 Å². The van der Waals surface area contributed by atoms with E-state index in [0.29, 0.717) is 30.0 Å². The van der Waals surface area contributed by atoms with Crippen LogP contribution in [0.25, 0.3) is 0 Å². The van der Waals surface area contributed by atoms with Gasteiger partial charge in [0.25, 0.3) is 17.8 Å². The van der Waals surface area contributed by atoms with E-state index in [1.807, 2.05) is 82.3 Å². The summed E-state index contributed by atoms with van der Waals surface area (Å²) < 4.78 is 51.1. The first kappa shape index (κ1) is 60.4. The first-order chi connectivity index (χ1) is 35.4. The summed E-state index contributed by atoms with van der Waals surface area (Å²) >= 11 is 12.4. The monoisotopic (exact) mass is 1110 g/mol. The van der Waals surface area contributed by atoms with Gasteiger partial charge in [-0.2, -0.15) is 0 Å². The smallest absolute Gasteiger partial charge is 0.311 e. The Balaban J connectivity index is 0.000000260. The van der Waals surface area contributed by atoms with Crippen molar-refractivity contribution >= 4 is 66.5 Å². The third kappa shape index (κ3) is 17.0. The zero-order valence-electron chi connectivity index (χ0n) is 43.4. The Morgan fingerprint density at radius 3 is 1.85 bits per heavy atom. The minimum absolute atomic E-state index is 0.0208. The van der Waals surface area contributed by atoms with Gasteiger partial charge in [-0.05, 0) is 172 Å². The molecule has 1 aliphatic heterocycles. The highest BCUT2D eigenvalue weighted by Crippen LogP contribution is 2.45. The van der Waals surface area contributed by atoms with Crippen LogP contribution >= 0.6 is 23.2 Å². The van der Waals surface area contributed by atoms with Crippen molar-refractivity contribution in [1.82, 2.24) is 0 Å². The Morgan fingerprint density at radius 2 is 1.31 bits per heavy atom. The number of nitrogens with two attached hydrogens (primary N) is 2. The Labute approximate surface area is 451 Å². The predicted molar refractivity (Wildman–Crippen MR) is 296 cm³/mol. The maximum absolute atomic E-state index is 12.8. The van der Waals surface area contributed by atoms with Gasteiger partial charge in [-0.25, -0.2) is 18.7 Å². The van der Waals surface area contributed by atoms with Crippen LogP contribution in [0, 0.1) is 22.0 Å². The molecular weight excluding hydrogens is 1040 g/mol. The third-order valence-corrected chi connectivity index (χ3v) is 16.8. The number of hydrogen-bond donors (Lipinski definition) is 3. The van der Waals surface area contributed by atoms with Crippen molar-refractivity contribution < 1.29 is 47.0 Å². The fourth-order valence-corrected chi connectivity index (χ4v) is 13.0. The number of amides is 2. The summed E-state index contributed by atoms with van der Waals surface area (Å²) in [5, 5.41) is 32.3. The van der Waals surface area contributed by atoms with Crippen LogP contribution in [0.2, 0.25) is 10.0 Å². The number of nitro groups is 1. The Hall–Kier alpha value is -5.47. The molecule has 7 rings (SSSR count). The molecule has 2 amide bonds. The molecule has 5 N–H and O–H groups in total. The number of aryl methyl sites for hydroxylation is 3. The van der Waals surface area contributed by atoms with Gasteiger partial charge in [0.1, 0.15) is 37.8 Å². The maximum Gasteiger partial charge on any atom is 0.311 e. The van der Waals surface area contributed by atoms with Gasteiger partial charge in [-0.3, -0.25) is 24.5 Å². The number of allylic oxidation sites excluding steroid dienone is 4. The second-order valence-electron chi connectivity index (χ2n) is 19.5. The second-order valence-corrected chi connectivity index (χ2v) is 24.1. The number of carbonyl (C=O) groups is 3. The van der Waals surface area contributed by atoms with Crippen molar-refractivity contribution in [2.75, 3.05) is 31.8 Å². The van der Waals surface area contributed by atoms with E-state index in [1.165, 1.54) is 23.3 Å². The molecule has 0 radical (unpaired) electrons. The molecule has 4 aromatic carbocycles. The number of ether oxygens (including phenoxy) is 3. The fourth-order valence-electron chi connectivity index (χ4n) is 9.75. The number of methoxy groups -OCH3 is 1. The molecule has 3 aliphatic rings. The first-order valence-electron chi connectivity index (χ1n) is 24.8. The fraction of sp³-hybridized carbons (Fsp3) is 0.436. The lowest BCUT2D eigenvalue weighted by molar-refractivity contribution is -0.386. The number of nitrogens with zero attached hydrogens (tertiary/aromatic N) is 3. The highest BCUT2D eigenvalue weighted by molar-refractivity contribution is 7.92. The van der Waals surface area contributed by atoms with Crippen molar-refractivity contribution in [2.45, 2.75) is 110 Å². The number of carbonyl (C=O) groups excluding carboxylic acids is 2. The van der Waals surface area contributed by atoms with Crippen LogP contribution < -0.4 is 19.8 Å². The minimum Gasteiger partial charge on any atom is -0.492 e. The average molecular weight is 1110 g/mol. The SMILES string of the molecule is C/C=C\C[C@H](C)CS(N)(=O)=NC(=O)c1ccc(OC[C@@]2(OC)CCCc3cc(Cl)ccc32)c([N+](=O)[O-])c1.C/C=C\C[C@H](C)CS(N)(=O)=NC(=O)c1ccc2c(c1)CC[C@@]1(CCCc3cc(Cl)ccc31)CO2.CC(=O)O. The van der Waals surface area contributed by atoms with Crippen molar-refractivity contribution in [3.8, 4) is 11.5 Å². The van der Waals surface area contributed by atoms with Gasteiger partial charge < -0.3 is 19.3 Å². The van der Waals surface area contributed by atoms with Gasteiger partial charge in [0.05, 0.1) is 11.5 Å². The molecule has 1 spiro atoms. The second kappa shape index (κ2) is 27.0. The molecule has 0 bridgehead atoms. The number of aliphatic carboxylic acids is 1. The molecular formula is C55H69Cl2N5O11S2. The van der Waals surface area contributed by atoms with Crippen LogP contribution in [-0.2, 0) is 59.6 Å². The summed E-state index contributed by atoms with van der Waals surface area (Å²) in [7, 11) is -4.82. The van der Waals surface area contributed by atoms with Gasteiger partial charge in [0.15, 0.2) is 5.75 Å². The van der Waals surface area contributed by atoms with Crippen LogP contribution in [0.4, 0.5) is 5.69 Å². The van der Waals surface area contributed by atoms with Gasteiger partial charge in [-0.1, -0.05) is 73.5 Å². The van der Waals surface area contributed by atoms with Crippen LogP contribution in [0.5, 0.6) is 11.5 Å². The lowest BCUT2D eigenvalue weighted by Gasteiger charge is -2.38. The molecule has 2 unspecified atom stereocenters. The number of halogens is 2. The topological polar surface area (TPSA) is 253 Å². The standard InChI is InChI=1S/C27H33ClN2O3S.C26H32ClN3O6S.C2H4O2/c1-3-4-6-19(2)17-34(29,32)30-26(31)22-8-11-25-21(15-22)12-14-27(18-33-25)13-5-7-20-16-23(28)9-10-24(20)27;1-4-5-7-18(2)16-37(28,34)29-25(31)20-9-12-24(23(15-20)30(32)33)36-17-26(35-3)13-6-8-19-14-21(27)10-11-22(19)26;1-2(3)4/h3-4,8-11,15-16,19H,5-7,12-14,17-18H2,1-2H3,(H2,29,30,31,32);4-5,9-12,14-15,18H,6-8,13,16-17H2,1-3H3,(H2,28,29,31,34);1H3,(H,3,4)/b4-3-;5-4-;/t19-,27-,34?;18-,26-,37?;/m00./s1. The van der Waals surface area contributed by atoms with Crippen molar-refractivity contribution in [3.05, 3.63) is 156 Å². The molecule has 6 atom stereocenters. The largest absolute Gasteiger partial charge is 0.492 e. The Bertz CT molecular complexity index is 3050. The van der Waals surface area contributed by atoms with Gasteiger partial charge in [0.2, 0.25) is 0 Å². The number of rotatable bonds is 15. The first-order valence-corrected chi connectivity index (χ1v) is 29.1. The number of nitro benzene ring substituents is 1. The van der Waals surface area contributed by atoms with Crippen LogP contribution in [0.1, 0.15) is 128 Å². The van der Waals surface area contributed by atoms with Crippen LogP contribution in [0.15, 0.2) is 106 Å². The van der Waals surface area contributed by atoms with E-state index in [1.54, 1.807) is 19.2 Å². The highest BCUT2D eigenvalue weighted by atomic mass is 35.5. The van der Waals surface area contributed by atoms with E-state index in [0.717, 1.165) is 91.8 Å². The Morgan fingerprint density at radius 1 is 0.787 bits per heavy atom. The Kier molecular flexibility index (Phi) is 21.8. The molecule has 75 heavy (non-hydrogen) atoms. The van der Waals surface area contributed by atoms with Crippen LogP contribution in [-0.4, -0.2) is 68.1 Å². The molecule has 0 aromatic heterocycles. The predicted octanol–water partition coefficient (Wildman–Crippen LogP) is 11.7. The molecule has 0 saturated carbocycles. The van der Waals surface area contributed by atoms with Crippen LogP contribution in [0.3, 0.4) is 0 Å². The maximum atomic E-state index is 12.8. The molecule has 2 aliphatic carbocycles. The summed E-state index contributed by atoms with van der Waals surface area (Å²) in [6.07, 6.45) is 16.4. The minimum atomic E-state index is -3.31. The number of fused-ring (bicyclic) bond motifs is 4. The van der Waals surface area contributed by atoms with E-state index in [-0.39, 0.29) is 46.7 Å². The molecule has 20 heteroatoms. The number of hydrogen-bond acceptors (Lipinski definition) is 10. The summed E-state index contributed by atoms with van der Waals surface area (Å²) in [5.74, 6) is -1.24. The summed E-state index contributed by atoms with van der Waals surface area (Å²) in [6.45, 7) is 9.34. The molecule has 16 nitrogen and oxygen atoms in total. The number of benzene rings is 4. The zero-order chi connectivity index (χ0) is 55.1. The number of carboxylic acids is 1. The normalized spacial score (nSPS) is 20.1. The van der Waals surface area contributed by atoms with Gasteiger partial charge in [0, 0.05) is 58.2 Å². The van der Waals surface area contributed by atoms with Crippen molar-refractivity contribution in [2.24, 2.45) is 30.8 Å². The molecule has 406 valence electrons. The highest BCUT2D eigenvalue weighted by Gasteiger charge is 2.40. The van der Waals surface area contributed by atoms with E-state index in [9.17, 15) is 28.1 Å². The lowest BCUT2D eigenvalue weighted by Crippen LogP contribution is -2.39. The van der Waals surface area contributed by atoms with E-state index >= 15 is 0 Å². The summed E-state index contributed by atoms with van der Waals surface area (Å²) in [5.41, 5.74) is 4.62. The summed E-state index contributed by atoms with van der Waals surface area (Å²) in [6, 6.07) is 20.9. The third-order valence-electron chi connectivity index (χ3n) is 13.3. The lowest BCUT2D eigenvalue weighted by atomic mass is 9.68. The number of carboxylic acid groups (broad SMARTS) is 1. The van der Waals surface area contributed by atoms with Gasteiger partial charge in [-0.15, -0.1) is 8.73 Å². The van der Waals surface area contributed by atoms with E-state index in [4.69, 9.17) is 57.6 Å². The van der Waals surface area contributed by atoms with E-state index in [2.05, 4.69) is 20.9 Å². The summed E-state index contributed by atoms with van der Waals surface area (Å²) in [4.78, 5) is 45.7. The quantitative estimate of drug-likeness (QED) is 0.0573. The van der Waals surface area contributed by atoms with E-state index < -0.39 is 53.8 Å². The molecule has 0 saturated heterocycles. The molecule has 1 heterocycles. The zero-order valence-corrected chi connectivity index (χ0v) is 46.5.